The fourth-order valence-corrected chi connectivity index (χ4v) is 1.31. The summed E-state index contributed by atoms with van der Waals surface area (Å²) in [4.78, 5) is 27.6. The van der Waals surface area contributed by atoms with E-state index in [0.717, 1.165) is 0 Å². The molecule has 2 heterocycles. The van der Waals surface area contributed by atoms with Gasteiger partial charge in [0.2, 0.25) is 17.5 Å². The zero-order valence-corrected chi connectivity index (χ0v) is 9.82. The number of carbonyl (C=O) groups excluding carboxylic acids is 1. The van der Waals surface area contributed by atoms with Gasteiger partial charge in [0.25, 0.3) is 0 Å². The quantitative estimate of drug-likeness (QED) is 0.726. The number of ketones is 1. The normalized spacial score (nSPS) is 9.89. The second-order valence-corrected chi connectivity index (χ2v) is 3.23. The van der Waals surface area contributed by atoms with Crippen LogP contribution in [0.3, 0.4) is 0 Å². The molecule has 7 nitrogen and oxygen atoms in total. The molecular weight excluding hydrogens is 236 g/mol. The molecule has 18 heavy (non-hydrogen) atoms. The molecule has 0 aromatic carbocycles. The number of hydrogen-bond acceptors (Lipinski definition) is 7. The van der Waals surface area contributed by atoms with E-state index in [1.807, 2.05) is 0 Å². The summed E-state index contributed by atoms with van der Waals surface area (Å²) >= 11 is 0. The summed E-state index contributed by atoms with van der Waals surface area (Å²) in [7, 11) is 2.86. The summed E-state index contributed by atoms with van der Waals surface area (Å²) in [5, 5.41) is 0. The van der Waals surface area contributed by atoms with Gasteiger partial charge in [-0.25, -0.2) is 15.0 Å². The summed E-state index contributed by atoms with van der Waals surface area (Å²) < 4.78 is 9.92. The van der Waals surface area contributed by atoms with Crippen LogP contribution in [-0.4, -0.2) is 39.9 Å². The van der Waals surface area contributed by atoms with Crippen molar-refractivity contribution in [3.8, 4) is 11.8 Å². The molecule has 0 spiro atoms. The molecule has 0 unspecified atom stereocenters. The third-order valence-corrected chi connectivity index (χ3v) is 2.16. The van der Waals surface area contributed by atoms with Crippen molar-refractivity contribution < 1.29 is 14.3 Å². The Balaban J connectivity index is 2.42. The predicted molar refractivity (Wildman–Crippen MR) is 60.6 cm³/mol. The van der Waals surface area contributed by atoms with Gasteiger partial charge in [0.05, 0.1) is 26.0 Å². The van der Waals surface area contributed by atoms with Crippen LogP contribution in [-0.2, 0) is 0 Å². The lowest BCUT2D eigenvalue weighted by Crippen LogP contribution is -2.09. The number of ether oxygens (including phenoxy) is 2. The van der Waals surface area contributed by atoms with Crippen molar-refractivity contribution in [3.63, 3.8) is 0 Å². The predicted octanol–water partition coefficient (Wildman–Crippen LogP) is 0.515. The smallest absolute Gasteiger partial charge is 0.247 e. The van der Waals surface area contributed by atoms with E-state index in [1.54, 1.807) is 0 Å². The van der Waals surface area contributed by atoms with E-state index in [0.29, 0.717) is 5.56 Å². The van der Waals surface area contributed by atoms with Gasteiger partial charge in [0.1, 0.15) is 6.33 Å². The van der Waals surface area contributed by atoms with E-state index in [2.05, 4.69) is 19.9 Å². The van der Waals surface area contributed by atoms with Crippen molar-refractivity contribution >= 4 is 5.78 Å². The van der Waals surface area contributed by atoms with Crippen LogP contribution in [0.1, 0.15) is 16.1 Å². The van der Waals surface area contributed by atoms with Crippen LogP contribution < -0.4 is 9.47 Å². The van der Waals surface area contributed by atoms with Crippen LogP contribution in [0.4, 0.5) is 0 Å². The minimum Gasteiger partial charge on any atom is -0.480 e. The Morgan fingerprint density at radius 2 is 1.83 bits per heavy atom. The maximum Gasteiger partial charge on any atom is 0.247 e. The van der Waals surface area contributed by atoms with Crippen molar-refractivity contribution in [1.82, 2.24) is 19.9 Å². The number of rotatable bonds is 4. The van der Waals surface area contributed by atoms with Crippen LogP contribution in [0, 0.1) is 0 Å². The van der Waals surface area contributed by atoms with Crippen LogP contribution in [0.25, 0.3) is 0 Å². The first-order valence-corrected chi connectivity index (χ1v) is 5.01. The monoisotopic (exact) mass is 246 g/mol. The number of methoxy groups -OCH3 is 2. The van der Waals surface area contributed by atoms with Gasteiger partial charge in [-0.05, 0) is 0 Å². The minimum absolute atomic E-state index is 0.0908. The van der Waals surface area contributed by atoms with Gasteiger partial charge in [0, 0.05) is 12.4 Å². The average Bonchev–Trinajstić information content (AvgIpc) is 2.46. The molecule has 92 valence electrons. The summed E-state index contributed by atoms with van der Waals surface area (Å²) in [5.74, 6) is 0.0125. The molecule has 2 aromatic heterocycles. The summed E-state index contributed by atoms with van der Waals surface area (Å²) in [5.41, 5.74) is 0.406. The largest absolute Gasteiger partial charge is 0.480 e. The average molecular weight is 246 g/mol. The highest BCUT2D eigenvalue weighted by molar-refractivity contribution is 6.08. The maximum atomic E-state index is 12.1. The van der Waals surface area contributed by atoms with E-state index >= 15 is 0 Å². The van der Waals surface area contributed by atoms with Gasteiger partial charge in [-0.3, -0.25) is 4.79 Å². The molecule has 0 aliphatic carbocycles. The standard InChI is InChI=1S/C11H10N4O3/c1-17-8-5-14-9(11(15-8)18-2)10(16)7-3-12-6-13-4-7/h3-6H,1-2H3. The van der Waals surface area contributed by atoms with Crippen LogP contribution in [0.5, 0.6) is 11.8 Å². The molecule has 0 aliphatic heterocycles. The molecule has 7 heteroatoms. The van der Waals surface area contributed by atoms with Gasteiger partial charge in [-0.15, -0.1) is 0 Å². The molecule has 0 atom stereocenters. The molecule has 0 amide bonds. The Bertz CT molecular complexity index is 559. The van der Waals surface area contributed by atoms with E-state index < -0.39 is 0 Å². The number of carbonyl (C=O) groups is 1. The van der Waals surface area contributed by atoms with E-state index in [4.69, 9.17) is 9.47 Å². The van der Waals surface area contributed by atoms with Gasteiger partial charge in [-0.2, -0.15) is 4.98 Å². The number of hydrogen-bond donors (Lipinski definition) is 0. The number of nitrogens with zero attached hydrogens (tertiary/aromatic N) is 4. The molecule has 0 saturated heterocycles. The molecule has 2 rings (SSSR count). The molecule has 0 fully saturated rings. The Morgan fingerprint density at radius 3 is 2.44 bits per heavy atom. The summed E-state index contributed by atoms with van der Waals surface area (Å²) in [6.07, 6.45) is 5.49. The molecule has 0 radical (unpaired) electrons. The Morgan fingerprint density at radius 1 is 1.11 bits per heavy atom. The Labute approximate surface area is 103 Å². The minimum atomic E-state index is -0.359. The van der Waals surface area contributed by atoms with E-state index in [-0.39, 0.29) is 23.2 Å². The van der Waals surface area contributed by atoms with Crippen LogP contribution >= 0.6 is 0 Å². The van der Waals surface area contributed by atoms with Gasteiger partial charge >= 0.3 is 0 Å². The van der Waals surface area contributed by atoms with Crippen molar-refractivity contribution in [1.29, 1.82) is 0 Å². The zero-order valence-electron chi connectivity index (χ0n) is 9.82. The zero-order chi connectivity index (χ0) is 13.0. The first-order chi connectivity index (χ1) is 8.76. The van der Waals surface area contributed by atoms with Crippen molar-refractivity contribution in [2.75, 3.05) is 14.2 Å². The highest BCUT2D eigenvalue weighted by atomic mass is 16.5. The van der Waals surface area contributed by atoms with Crippen molar-refractivity contribution in [2.24, 2.45) is 0 Å². The van der Waals surface area contributed by atoms with Crippen LogP contribution in [0.15, 0.2) is 24.9 Å². The first kappa shape index (κ1) is 11.9. The molecular formula is C11H10N4O3. The van der Waals surface area contributed by atoms with E-state index in [1.165, 1.54) is 39.1 Å². The Hall–Kier alpha value is -2.57. The lowest BCUT2D eigenvalue weighted by Gasteiger charge is -2.06. The Kier molecular flexibility index (Phi) is 3.42. The first-order valence-electron chi connectivity index (χ1n) is 5.01. The third-order valence-electron chi connectivity index (χ3n) is 2.16. The lowest BCUT2D eigenvalue weighted by molar-refractivity contribution is 0.102. The highest BCUT2D eigenvalue weighted by Crippen LogP contribution is 2.19. The lowest BCUT2D eigenvalue weighted by atomic mass is 10.1. The number of aromatic nitrogens is 4. The van der Waals surface area contributed by atoms with Crippen LogP contribution in [0.2, 0.25) is 0 Å². The van der Waals surface area contributed by atoms with Crippen molar-refractivity contribution in [3.05, 3.63) is 36.2 Å². The van der Waals surface area contributed by atoms with Gasteiger partial charge in [0.15, 0.2) is 5.69 Å². The fourth-order valence-electron chi connectivity index (χ4n) is 1.31. The highest BCUT2D eigenvalue weighted by Gasteiger charge is 2.18. The van der Waals surface area contributed by atoms with Gasteiger partial charge < -0.3 is 9.47 Å². The van der Waals surface area contributed by atoms with Gasteiger partial charge in [-0.1, -0.05) is 0 Å². The SMILES string of the molecule is COc1cnc(C(=O)c2cncnc2)c(OC)n1. The summed E-state index contributed by atoms with van der Waals surface area (Å²) in [6.45, 7) is 0. The third kappa shape index (κ3) is 2.24. The molecule has 0 aliphatic rings. The summed E-state index contributed by atoms with van der Waals surface area (Å²) in [6, 6.07) is 0. The molecule has 2 aromatic rings. The fraction of sp³-hybridized carbons (Fsp3) is 0.182. The van der Waals surface area contributed by atoms with E-state index in [9.17, 15) is 4.79 Å². The molecule has 0 N–H and O–H groups in total. The maximum absolute atomic E-state index is 12.1. The molecule has 0 bridgehead atoms. The second-order valence-electron chi connectivity index (χ2n) is 3.23. The topological polar surface area (TPSA) is 87.1 Å². The molecule has 0 saturated carbocycles. The van der Waals surface area contributed by atoms with Crippen molar-refractivity contribution in [2.45, 2.75) is 0 Å². The second kappa shape index (κ2) is 5.17.